The van der Waals surface area contributed by atoms with Gasteiger partial charge in [-0.2, -0.15) is 5.10 Å². The maximum Gasteiger partial charge on any atom is 0.318 e. The normalized spacial score (nSPS) is 24.5. The second-order valence-corrected chi connectivity index (χ2v) is 11.3. The van der Waals surface area contributed by atoms with Gasteiger partial charge in [0.1, 0.15) is 5.69 Å². The number of imidazole rings is 1. The van der Waals surface area contributed by atoms with Crippen molar-refractivity contribution >= 4 is 17.6 Å². The quantitative estimate of drug-likeness (QED) is 0.420. The maximum atomic E-state index is 13.8. The summed E-state index contributed by atoms with van der Waals surface area (Å²) >= 11 is 0. The molecule has 1 aliphatic heterocycles. The highest BCUT2D eigenvalue weighted by molar-refractivity contribution is 5.93. The van der Waals surface area contributed by atoms with E-state index in [-0.39, 0.29) is 62.3 Å². The molecule has 4 aliphatic rings. The van der Waals surface area contributed by atoms with Gasteiger partial charge in [-0.25, -0.2) is 36.5 Å². The Bertz CT molecular complexity index is 1430. The van der Waals surface area contributed by atoms with Gasteiger partial charge in [0.25, 0.3) is 11.8 Å². The summed E-state index contributed by atoms with van der Waals surface area (Å²) in [7, 11) is 0. The Morgan fingerprint density at radius 1 is 1.10 bits per heavy atom. The topological polar surface area (TPSA) is 131 Å². The van der Waals surface area contributed by atoms with Crippen molar-refractivity contribution in [2.75, 3.05) is 0 Å². The molecule has 3 aromatic heterocycles. The Hall–Kier alpha value is -3.78. The average Bonchev–Trinajstić information content (AvgIpc) is 3.23. The summed E-state index contributed by atoms with van der Waals surface area (Å²) in [5, 5.41) is 17.2. The molecule has 2 unspecified atom stereocenters. The Labute approximate surface area is 232 Å². The molecule has 0 spiro atoms. The second-order valence-electron chi connectivity index (χ2n) is 11.3. The highest BCUT2D eigenvalue weighted by atomic mass is 19.3. The fraction of sp³-hybridized carbons (Fsp3) is 0.615. The number of carbonyl (C=O) groups is 2. The van der Waals surface area contributed by atoms with Crippen molar-refractivity contribution in [3.63, 3.8) is 0 Å². The van der Waals surface area contributed by atoms with Crippen molar-refractivity contribution in [2.24, 2.45) is 0 Å². The number of urea groups is 1. The van der Waals surface area contributed by atoms with Crippen LogP contribution in [0.15, 0.2) is 23.1 Å². The second kappa shape index (κ2) is 10.6. The summed E-state index contributed by atoms with van der Waals surface area (Å²) in [6, 6.07) is 0.325. The number of hydrogen-bond donors (Lipinski definition) is 2. The van der Waals surface area contributed by atoms with Gasteiger partial charge in [-0.05, 0) is 42.5 Å². The standard InChI is InChI=1S/C20H20F2N8O3.C6H10F2/c21-20(22)4-13-14(5-20)29(19(32)26-13)8-10-3-15-25-12(9-30(15)24-6-10)7-23-18(31)17-16(11-1-2-11)27-33-28-17;7-6(8)4-2-1-3-5-6/h3,6,9,11,13-14H,1-2,4-5,7-8H2,(H,23,31)(H,26,32);1-5H2. The fourth-order valence-electron chi connectivity index (χ4n) is 5.68. The molecule has 4 heterocycles. The molecule has 2 N–H and O–H groups in total. The lowest BCUT2D eigenvalue weighted by atomic mass is 9.97. The largest absolute Gasteiger partial charge is 0.345 e. The minimum Gasteiger partial charge on any atom is -0.345 e. The van der Waals surface area contributed by atoms with E-state index in [1.807, 2.05) is 0 Å². The summed E-state index contributed by atoms with van der Waals surface area (Å²) in [5.74, 6) is -5.24. The van der Waals surface area contributed by atoms with Crippen molar-refractivity contribution < 1.29 is 31.8 Å². The summed E-state index contributed by atoms with van der Waals surface area (Å²) in [5.41, 5.74) is 2.55. The Morgan fingerprint density at radius 3 is 2.59 bits per heavy atom. The number of rotatable bonds is 6. The minimum atomic E-state index is -2.77. The zero-order valence-corrected chi connectivity index (χ0v) is 22.2. The first kappa shape index (κ1) is 27.4. The predicted octanol–water partition coefficient (Wildman–Crippen LogP) is 4.20. The lowest BCUT2D eigenvalue weighted by Crippen LogP contribution is -2.35. The molecule has 3 saturated carbocycles. The number of halogens is 4. The third kappa shape index (κ3) is 6.12. The molecule has 3 aromatic rings. The van der Waals surface area contributed by atoms with Gasteiger partial charge in [0, 0.05) is 38.1 Å². The van der Waals surface area contributed by atoms with Crippen LogP contribution in [0.3, 0.4) is 0 Å². The summed E-state index contributed by atoms with van der Waals surface area (Å²) < 4.78 is 58.2. The van der Waals surface area contributed by atoms with Crippen molar-refractivity contribution in [1.82, 2.24) is 40.4 Å². The summed E-state index contributed by atoms with van der Waals surface area (Å²) in [6.45, 7) is 0.316. The number of fused-ring (bicyclic) bond motifs is 2. The number of hydrogen-bond acceptors (Lipinski definition) is 7. The van der Waals surface area contributed by atoms with Crippen LogP contribution in [0, 0.1) is 0 Å². The van der Waals surface area contributed by atoms with Crippen molar-refractivity contribution in [3.8, 4) is 0 Å². The molecule has 2 atom stereocenters. The van der Waals surface area contributed by atoms with Gasteiger partial charge < -0.3 is 15.5 Å². The van der Waals surface area contributed by atoms with E-state index in [9.17, 15) is 27.2 Å². The molecule has 11 nitrogen and oxygen atoms in total. The van der Waals surface area contributed by atoms with E-state index in [0.717, 1.165) is 19.3 Å². The molecule has 0 bridgehead atoms. The zero-order chi connectivity index (χ0) is 28.8. The van der Waals surface area contributed by atoms with Crippen LogP contribution >= 0.6 is 0 Å². The van der Waals surface area contributed by atoms with Crippen LogP contribution in [0.5, 0.6) is 0 Å². The molecule has 220 valence electrons. The van der Waals surface area contributed by atoms with Crippen LogP contribution in [0.4, 0.5) is 22.4 Å². The van der Waals surface area contributed by atoms with E-state index in [1.165, 1.54) is 4.90 Å². The van der Waals surface area contributed by atoms with Gasteiger partial charge in [-0.3, -0.25) is 4.79 Å². The number of amides is 3. The van der Waals surface area contributed by atoms with Gasteiger partial charge >= 0.3 is 6.03 Å². The average molecular weight is 579 g/mol. The molecule has 41 heavy (non-hydrogen) atoms. The lowest BCUT2D eigenvalue weighted by molar-refractivity contribution is -0.0337. The van der Waals surface area contributed by atoms with E-state index < -0.39 is 23.9 Å². The molecule has 3 amide bonds. The summed E-state index contributed by atoms with van der Waals surface area (Å²) in [4.78, 5) is 30.6. The number of nitrogens with zero attached hydrogens (tertiary/aromatic N) is 6. The molecule has 7 rings (SSSR count). The molecule has 15 heteroatoms. The van der Waals surface area contributed by atoms with E-state index in [1.54, 1.807) is 23.0 Å². The SMILES string of the molecule is FC1(F)CCCCC1.O=C(NCc1cn2ncc(CN3C(=O)NC4CC(F)(F)CC43)cc2n1)c1nonc1C1CC1. The molecular weight excluding hydrogens is 548 g/mol. The number of nitrogens with one attached hydrogen (secondary N) is 2. The van der Waals surface area contributed by atoms with Crippen LogP contribution in [0.25, 0.3) is 5.65 Å². The molecular formula is C26H30F4N8O3. The molecule has 0 aromatic carbocycles. The smallest absolute Gasteiger partial charge is 0.318 e. The Balaban J connectivity index is 0.000000328. The number of aromatic nitrogens is 5. The maximum absolute atomic E-state index is 13.8. The van der Waals surface area contributed by atoms with E-state index in [4.69, 9.17) is 4.63 Å². The minimum absolute atomic E-state index is 0.118. The molecule has 0 radical (unpaired) electrons. The third-order valence-electron chi connectivity index (χ3n) is 7.95. The number of carbonyl (C=O) groups excluding carboxylic acids is 2. The van der Waals surface area contributed by atoms with Crippen molar-refractivity contribution in [3.05, 3.63) is 41.1 Å². The van der Waals surface area contributed by atoms with Crippen LogP contribution in [-0.4, -0.2) is 65.7 Å². The zero-order valence-electron chi connectivity index (χ0n) is 22.2. The first-order chi connectivity index (χ1) is 19.6. The Kier molecular flexibility index (Phi) is 7.06. The van der Waals surface area contributed by atoms with E-state index in [2.05, 4.69) is 31.0 Å². The van der Waals surface area contributed by atoms with Gasteiger partial charge in [-0.15, -0.1) is 0 Å². The van der Waals surface area contributed by atoms with Gasteiger partial charge in [0.15, 0.2) is 11.3 Å². The van der Waals surface area contributed by atoms with Crippen LogP contribution < -0.4 is 10.6 Å². The van der Waals surface area contributed by atoms with Crippen molar-refractivity contribution in [1.29, 1.82) is 0 Å². The molecule has 4 fully saturated rings. The lowest BCUT2D eigenvalue weighted by Gasteiger charge is -2.22. The van der Waals surface area contributed by atoms with E-state index in [0.29, 0.717) is 35.4 Å². The van der Waals surface area contributed by atoms with Crippen LogP contribution in [-0.2, 0) is 13.1 Å². The van der Waals surface area contributed by atoms with E-state index >= 15 is 0 Å². The Morgan fingerprint density at radius 2 is 1.88 bits per heavy atom. The van der Waals surface area contributed by atoms with Crippen LogP contribution in [0.2, 0.25) is 0 Å². The third-order valence-corrected chi connectivity index (χ3v) is 7.95. The van der Waals surface area contributed by atoms with Gasteiger partial charge in [-0.1, -0.05) is 11.6 Å². The predicted molar refractivity (Wildman–Crippen MR) is 134 cm³/mol. The van der Waals surface area contributed by atoms with Crippen molar-refractivity contribution in [2.45, 2.75) is 101 Å². The molecule has 3 aliphatic carbocycles. The molecule has 1 saturated heterocycles. The summed E-state index contributed by atoms with van der Waals surface area (Å²) in [6.07, 6.45) is 7.18. The number of alkyl halides is 4. The fourth-order valence-corrected chi connectivity index (χ4v) is 5.68. The van der Waals surface area contributed by atoms with Gasteiger partial charge in [0.05, 0.1) is 36.7 Å². The highest BCUT2D eigenvalue weighted by Gasteiger charge is 2.54. The first-order valence-electron chi connectivity index (χ1n) is 13.8. The monoisotopic (exact) mass is 578 g/mol. The first-order valence-corrected chi connectivity index (χ1v) is 13.8. The van der Waals surface area contributed by atoms with Crippen LogP contribution in [0.1, 0.15) is 91.1 Å². The van der Waals surface area contributed by atoms with Gasteiger partial charge in [0.2, 0.25) is 5.92 Å². The highest BCUT2D eigenvalue weighted by Crippen LogP contribution is 2.41.